The molecule has 0 aliphatic carbocycles. The van der Waals surface area contributed by atoms with E-state index < -0.39 is 0 Å². The number of carbonyl (C=O) groups excluding carboxylic acids is 1. The van der Waals surface area contributed by atoms with Crippen molar-refractivity contribution in [3.63, 3.8) is 0 Å². The second-order valence-corrected chi connectivity index (χ2v) is 7.70. The molecule has 5 heteroatoms. The van der Waals surface area contributed by atoms with Crippen LogP contribution in [0.4, 0.5) is 0 Å². The average molecular weight is 412 g/mol. The zero-order valence-electron chi connectivity index (χ0n) is 18.0. The van der Waals surface area contributed by atoms with Crippen molar-refractivity contribution in [2.24, 2.45) is 0 Å². The van der Waals surface area contributed by atoms with E-state index in [1.807, 2.05) is 67.7 Å². The van der Waals surface area contributed by atoms with Crippen LogP contribution in [0.1, 0.15) is 27.4 Å². The largest absolute Gasteiger partial charge is 0.421 e. The molecule has 3 aromatic carbocycles. The predicted octanol–water partition coefficient (Wildman–Crippen LogP) is 5.34. The van der Waals surface area contributed by atoms with Crippen LogP contribution in [0.25, 0.3) is 22.6 Å². The van der Waals surface area contributed by atoms with E-state index in [4.69, 9.17) is 4.42 Å². The molecule has 1 amide bonds. The Morgan fingerprint density at radius 3 is 2.29 bits per heavy atom. The number of amides is 1. The molecule has 0 aliphatic rings. The van der Waals surface area contributed by atoms with Crippen molar-refractivity contribution in [2.45, 2.75) is 20.3 Å². The van der Waals surface area contributed by atoms with E-state index >= 15 is 0 Å². The summed E-state index contributed by atoms with van der Waals surface area (Å²) in [6.45, 7) is 4.52. The van der Waals surface area contributed by atoms with Gasteiger partial charge in [-0.25, -0.2) is 0 Å². The minimum absolute atomic E-state index is 0.0225. The molecule has 1 aromatic heterocycles. The molecule has 0 fully saturated rings. The molecular weight excluding hydrogens is 386 g/mol. The summed E-state index contributed by atoms with van der Waals surface area (Å²) in [5, 5.41) is 8.02. The van der Waals surface area contributed by atoms with Gasteiger partial charge < -0.3 is 9.32 Å². The molecule has 31 heavy (non-hydrogen) atoms. The summed E-state index contributed by atoms with van der Waals surface area (Å²) in [6, 6.07) is 24.0. The maximum atomic E-state index is 12.8. The fourth-order valence-corrected chi connectivity index (χ4v) is 3.54. The minimum Gasteiger partial charge on any atom is -0.421 e. The number of nitrogens with zero attached hydrogens (tertiary/aromatic N) is 3. The van der Waals surface area contributed by atoms with Crippen molar-refractivity contribution in [2.75, 3.05) is 13.6 Å². The highest BCUT2D eigenvalue weighted by atomic mass is 16.4. The first-order chi connectivity index (χ1) is 15.0. The summed E-state index contributed by atoms with van der Waals surface area (Å²) in [7, 11) is 1.85. The van der Waals surface area contributed by atoms with Gasteiger partial charge in [-0.05, 0) is 59.9 Å². The maximum absolute atomic E-state index is 12.8. The number of carbonyl (C=O) groups is 1. The Balaban J connectivity index is 1.49. The highest BCUT2D eigenvalue weighted by Crippen LogP contribution is 2.29. The number of hydrogen-bond acceptors (Lipinski definition) is 4. The molecule has 0 radical (unpaired) electrons. The van der Waals surface area contributed by atoms with Gasteiger partial charge >= 0.3 is 0 Å². The van der Waals surface area contributed by atoms with Crippen molar-refractivity contribution >= 4 is 5.91 Å². The molecule has 0 saturated heterocycles. The molecule has 0 unspecified atom stereocenters. The average Bonchev–Trinajstić information content (AvgIpc) is 3.24. The Labute approximate surface area is 182 Å². The summed E-state index contributed by atoms with van der Waals surface area (Å²) in [4.78, 5) is 14.6. The van der Waals surface area contributed by atoms with Gasteiger partial charge in [0.15, 0.2) is 0 Å². The number of aryl methyl sites for hydroxylation is 2. The summed E-state index contributed by atoms with van der Waals surface area (Å²) in [5.41, 5.74) is 6.04. The Morgan fingerprint density at radius 2 is 1.61 bits per heavy atom. The Kier molecular flexibility index (Phi) is 5.94. The van der Waals surface area contributed by atoms with Crippen LogP contribution in [0.3, 0.4) is 0 Å². The van der Waals surface area contributed by atoms with Crippen LogP contribution in [0.15, 0.2) is 77.2 Å². The molecule has 0 atom stereocenters. The maximum Gasteiger partial charge on any atom is 0.253 e. The zero-order valence-corrected chi connectivity index (χ0v) is 18.0. The highest BCUT2D eigenvalue weighted by molar-refractivity contribution is 5.94. The van der Waals surface area contributed by atoms with Crippen molar-refractivity contribution in [1.82, 2.24) is 15.1 Å². The van der Waals surface area contributed by atoms with E-state index in [0.717, 1.165) is 28.7 Å². The number of rotatable bonds is 6. The molecule has 0 aliphatic heterocycles. The van der Waals surface area contributed by atoms with Gasteiger partial charge in [0.1, 0.15) is 0 Å². The minimum atomic E-state index is 0.0225. The third kappa shape index (κ3) is 4.72. The molecule has 0 bridgehead atoms. The second kappa shape index (κ2) is 8.96. The van der Waals surface area contributed by atoms with E-state index in [2.05, 4.69) is 29.3 Å². The Morgan fingerprint density at radius 1 is 0.903 bits per heavy atom. The third-order valence-corrected chi connectivity index (χ3v) is 5.38. The van der Waals surface area contributed by atoms with Gasteiger partial charge in [-0.2, -0.15) is 0 Å². The summed E-state index contributed by atoms with van der Waals surface area (Å²) < 4.78 is 5.56. The topological polar surface area (TPSA) is 59.2 Å². The van der Waals surface area contributed by atoms with E-state index in [-0.39, 0.29) is 5.91 Å². The summed E-state index contributed by atoms with van der Waals surface area (Å²) in [5.74, 6) is 1.07. The lowest BCUT2D eigenvalue weighted by Gasteiger charge is -2.17. The molecule has 5 nitrogen and oxygen atoms in total. The normalized spacial score (nSPS) is 10.8. The molecule has 4 rings (SSSR count). The standard InChI is InChI=1S/C26H25N3O2/c1-18-9-10-23(25-28-27-19(2)31-25)17-24(18)21-11-13-22(14-12-21)26(30)29(3)16-15-20-7-5-4-6-8-20/h4-14,17H,15-16H2,1-3H3. The van der Waals surface area contributed by atoms with Gasteiger partial charge in [0, 0.05) is 31.6 Å². The molecule has 0 spiro atoms. The monoisotopic (exact) mass is 411 g/mol. The van der Waals surface area contributed by atoms with Crippen LogP contribution >= 0.6 is 0 Å². The van der Waals surface area contributed by atoms with E-state index in [1.165, 1.54) is 5.56 Å². The third-order valence-electron chi connectivity index (χ3n) is 5.38. The summed E-state index contributed by atoms with van der Waals surface area (Å²) >= 11 is 0. The smallest absolute Gasteiger partial charge is 0.253 e. The first-order valence-corrected chi connectivity index (χ1v) is 10.3. The Hall–Kier alpha value is -3.73. The molecule has 0 saturated carbocycles. The predicted molar refractivity (Wildman–Crippen MR) is 122 cm³/mol. The van der Waals surface area contributed by atoms with Gasteiger partial charge in [0.05, 0.1) is 0 Å². The highest BCUT2D eigenvalue weighted by Gasteiger charge is 2.13. The molecule has 4 aromatic rings. The fraction of sp³-hybridized carbons (Fsp3) is 0.192. The molecule has 1 heterocycles. The molecule has 156 valence electrons. The SMILES string of the molecule is Cc1nnc(-c2ccc(C)c(-c3ccc(C(=O)N(C)CCc4ccccc4)cc3)c2)o1. The number of aromatic nitrogens is 2. The fourth-order valence-electron chi connectivity index (χ4n) is 3.54. The van der Waals surface area contributed by atoms with Crippen LogP contribution in [-0.4, -0.2) is 34.6 Å². The van der Waals surface area contributed by atoms with E-state index in [9.17, 15) is 4.79 Å². The van der Waals surface area contributed by atoms with Gasteiger partial charge in [0.2, 0.25) is 11.8 Å². The van der Waals surface area contributed by atoms with Gasteiger partial charge in [0.25, 0.3) is 5.91 Å². The number of benzene rings is 3. The van der Waals surface area contributed by atoms with Crippen LogP contribution < -0.4 is 0 Å². The quantitative estimate of drug-likeness (QED) is 0.430. The van der Waals surface area contributed by atoms with Gasteiger partial charge in [-0.3, -0.25) is 4.79 Å². The van der Waals surface area contributed by atoms with Crippen LogP contribution in [0, 0.1) is 13.8 Å². The van der Waals surface area contributed by atoms with Crippen molar-refractivity contribution < 1.29 is 9.21 Å². The zero-order chi connectivity index (χ0) is 21.8. The lowest BCUT2D eigenvalue weighted by molar-refractivity contribution is 0.0796. The van der Waals surface area contributed by atoms with Crippen molar-refractivity contribution in [3.8, 4) is 22.6 Å². The second-order valence-electron chi connectivity index (χ2n) is 7.70. The van der Waals surface area contributed by atoms with Crippen molar-refractivity contribution in [3.05, 3.63) is 95.4 Å². The van der Waals surface area contributed by atoms with Gasteiger partial charge in [-0.1, -0.05) is 48.5 Å². The van der Waals surface area contributed by atoms with Gasteiger partial charge in [-0.15, -0.1) is 10.2 Å². The van der Waals surface area contributed by atoms with Crippen molar-refractivity contribution in [1.29, 1.82) is 0 Å². The first kappa shape index (κ1) is 20.5. The van der Waals surface area contributed by atoms with E-state index in [1.54, 1.807) is 11.8 Å². The summed E-state index contributed by atoms with van der Waals surface area (Å²) in [6.07, 6.45) is 0.836. The molecular formula is C26H25N3O2. The lowest BCUT2D eigenvalue weighted by atomic mass is 9.97. The Bertz CT molecular complexity index is 1180. The number of hydrogen-bond donors (Lipinski definition) is 0. The van der Waals surface area contributed by atoms with Crippen LogP contribution in [0.2, 0.25) is 0 Å². The van der Waals surface area contributed by atoms with Crippen LogP contribution in [-0.2, 0) is 6.42 Å². The first-order valence-electron chi connectivity index (χ1n) is 10.3. The lowest BCUT2D eigenvalue weighted by Crippen LogP contribution is -2.28. The number of likely N-dealkylation sites (N-methyl/N-ethyl adjacent to an activating group) is 1. The van der Waals surface area contributed by atoms with E-state index in [0.29, 0.717) is 23.9 Å². The molecule has 0 N–H and O–H groups in total. The van der Waals surface area contributed by atoms with Crippen LogP contribution in [0.5, 0.6) is 0 Å².